The highest BCUT2D eigenvalue weighted by Gasteiger charge is 2.24. The Labute approximate surface area is 139 Å². The normalized spacial score (nSPS) is 10.5. The number of nitrogens with zero attached hydrogens (tertiary/aromatic N) is 2. The van der Waals surface area contributed by atoms with Gasteiger partial charge in [0, 0.05) is 11.3 Å². The van der Waals surface area contributed by atoms with Crippen LogP contribution in [-0.2, 0) is 4.74 Å². The van der Waals surface area contributed by atoms with E-state index in [2.05, 4.69) is 4.98 Å². The molecule has 1 aromatic heterocycles. The lowest BCUT2D eigenvalue weighted by Crippen LogP contribution is -2.07. The van der Waals surface area contributed by atoms with Crippen molar-refractivity contribution in [1.29, 1.82) is 0 Å². The van der Waals surface area contributed by atoms with Gasteiger partial charge in [-0.25, -0.2) is 9.78 Å². The zero-order valence-corrected chi connectivity index (χ0v) is 13.3. The number of ether oxygens (including phenoxy) is 1. The van der Waals surface area contributed by atoms with E-state index < -0.39 is 5.97 Å². The molecule has 4 nitrogen and oxygen atoms in total. The molecule has 0 saturated carbocycles. The minimum atomic E-state index is -0.483. The molecule has 3 aromatic rings. The van der Waals surface area contributed by atoms with E-state index in [4.69, 9.17) is 16.3 Å². The summed E-state index contributed by atoms with van der Waals surface area (Å²) in [6.45, 7) is 2.04. The van der Waals surface area contributed by atoms with E-state index >= 15 is 0 Å². The molecule has 0 fully saturated rings. The van der Waals surface area contributed by atoms with Gasteiger partial charge in [0.15, 0.2) is 5.69 Å². The topological polar surface area (TPSA) is 44.1 Å². The highest BCUT2D eigenvalue weighted by atomic mass is 35.5. The van der Waals surface area contributed by atoms with E-state index in [9.17, 15) is 4.79 Å². The minimum absolute atomic E-state index is 0.215. The summed E-state index contributed by atoms with van der Waals surface area (Å²) in [6, 6.07) is 19.1. The van der Waals surface area contributed by atoms with Crippen molar-refractivity contribution in [2.75, 3.05) is 6.61 Å². The van der Waals surface area contributed by atoms with E-state index in [1.54, 1.807) is 11.5 Å². The molecule has 0 N–H and O–H groups in total. The van der Waals surface area contributed by atoms with Gasteiger partial charge < -0.3 is 4.74 Å². The molecular weight excluding hydrogens is 312 g/mol. The molecular formula is C18H15ClN2O2. The van der Waals surface area contributed by atoms with E-state index in [1.165, 1.54) is 0 Å². The maximum absolute atomic E-state index is 12.3. The van der Waals surface area contributed by atoms with Crippen LogP contribution in [0.3, 0.4) is 0 Å². The number of benzene rings is 2. The van der Waals surface area contributed by atoms with Crippen LogP contribution in [-0.4, -0.2) is 22.1 Å². The van der Waals surface area contributed by atoms with Gasteiger partial charge in [-0.15, -0.1) is 0 Å². The first kappa shape index (κ1) is 15.3. The Bertz CT molecular complexity index is 814. The average Bonchev–Trinajstić information content (AvgIpc) is 2.94. The Hall–Kier alpha value is -2.59. The second-order valence-electron chi connectivity index (χ2n) is 4.84. The maximum Gasteiger partial charge on any atom is 0.359 e. The smallest absolute Gasteiger partial charge is 0.359 e. The number of hydrogen-bond donors (Lipinski definition) is 0. The van der Waals surface area contributed by atoms with E-state index in [0.717, 1.165) is 11.3 Å². The summed E-state index contributed by atoms with van der Waals surface area (Å²) in [5.74, 6) is -0.483. The first-order valence-electron chi connectivity index (χ1n) is 7.28. The second-order valence-corrected chi connectivity index (χ2v) is 5.17. The molecule has 5 heteroatoms. The quantitative estimate of drug-likeness (QED) is 0.669. The number of hydrogen-bond acceptors (Lipinski definition) is 3. The molecule has 0 aliphatic carbocycles. The fourth-order valence-electron chi connectivity index (χ4n) is 2.41. The lowest BCUT2D eigenvalue weighted by atomic mass is 10.1. The van der Waals surface area contributed by atoms with Crippen molar-refractivity contribution in [3.63, 3.8) is 0 Å². The number of imidazole rings is 1. The Balaban J connectivity index is 2.26. The zero-order chi connectivity index (χ0) is 16.2. The molecule has 0 bridgehead atoms. The third kappa shape index (κ3) is 2.98. The van der Waals surface area contributed by atoms with Crippen LogP contribution in [0.5, 0.6) is 0 Å². The molecule has 0 atom stereocenters. The van der Waals surface area contributed by atoms with Gasteiger partial charge in [0.05, 0.1) is 12.3 Å². The number of rotatable bonds is 4. The molecule has 0 aliphatic heterocycles. The van der Waals surface area contributed by atoms with Gasteiger partial charge in [-0.1, -0.05) is 48.5 Å². The predicted molar refractivity (Wildman–Crippen MR) is 90.0 cm³/mol. The number of aromatic nitrogens is 2. The molecule has 0 spiro atoms. The molecule has 0 aliphatic rings. The fraction of sp³-hybridized carbons (Fsp3) is 0.111. The van der Waals surface area contributed by atoms with Gasteiger partial charge in [-0.2, -0.15) is 0 Å². The Morgan fingerprint density at radius 1 is 1.09 bits per heavy atom. The first-order chi connectivity index (χ1) is 11.2. The lowest BCUT2D eigenvalue weighted by Gasteiger charge is -2.10. The molecule has 0 amide bonds. The molecule has 3 rings (SSSR count). The predicted octanol–water partition coefficient (Wildman–Crippen LogP) is 4.37. The zero-order valence-electron chi connectivity index (χ0n) is 12.6. The monoisotopic (exact) mass is 326 g/mol. The fourth-order valence-corrected chi connectivity index (χ4v) is 2.68. The van der Waals surface area contributed by atoms with Crippen molar-refractivity contribution < 1.29 is 9.53 Å². The summed E-state index contributed by atoms with van der Waals surface area (Å²) in [6.07, 6.45) is 0. The van der Waals surface area contributed by atoms with Gasteiger partial charge in [-0.05, 0) is 30.7 Å². The van der Waals surface area contributed by atoms with Crippen LogP contribution in [0.1, 0.15) is 17.4 Å². The van der Waals surface area contributed by atoms with Crippen LogP contribution in [0.2, 0.25) is 5.28 Å². The van der Waals surface area contributed by atoms with E-state index in [1.807, 2.05) is 60.7 Å². The summed E-state index contributed by atoms with van der Waals surface area (Å²) in [5.41, 5.74) is 2.52. The summed E-state index contributed by atoms with van der Waals surface area (Å²) in [7, 11) is 0. The van der Waals surface area contributed by atoms with Crippen LogP contribution in [0, 0.1) is 0 Å². The van der Waals surface area contributed by atoms with Crippen LogP contribution in [0.4, 0.5) is 0 Å². The van der Waals surface area contributed by atoms with Crippen molar-refractivity contribution in [3.05, 3.63) is 71.6 Å². The molecule has 2 aromatic carbocycles. The van der Waals surface area contributed by atoms with Gasteiger partial charge in [0.25, 0.3) is 0 Å². The highest BCUT2D eigenvalue weighted by molar-refractivity contribution is 6.29. The van der Waals surface area contributed by atoms with Crippen LogP contribution in [0.25, 0.3) is 16.9 Å². The number of para-hydroxylation sites is 1. The van der Waals surface area contributed by atoms with E-state index in [-0.39, 0.29) is 17.6 Å². The summed E-state index contributed by atoms with van der Waals surface area (Å²) in [5, 5.41) is 0.220. The Kier molecular flexibility index (Phi) is 4.44. The number of esters is 1. The van der Waals surface area contributed by atoms with Gasteiger partial charge in [-0.3, -0.25) is 4.57 Å². The maximum atomic E-state index is 12.3. The van der Waals surface area contributed by atoms with Crippen LogP contribution < -0.4 is 0 Å². The lowest BCUT2D eigenvalue weighted by molar-refractivity contribution is 0.0521. The SMILES string of the molecule is CCOC(=O)c1nc(Cl)n(-c2ccccc2)c1-c1ccccc1. The van der Waals surface area contributed by atoms with Gasteiger partial charge in [0.2, 0.25) is 5.28 Å². The first-order valence-corrected chi connectivity index (χ1v) is 7.66. The Morgan fingerprint density at radius 3 is 2.30 bits per heavy atom. The van der Waals surface area contributed by atoms with Gasteiger partial charge in [0.1, 0.15) is 0 Å². The van der Waals surface area contributed by atoms with Crippen molar-refractivity contribution in [1.82, 2.24) is 9.55 Å². The van der Waals surface area contributed by atoms with Crippen molar-refractivity contribution in [2.45, 2.75) is 6.92 Å². The highest BCUT2D eigenvalue weighted by Crippen LogP contribution is 2.31. The standard InChI is InChI=1S/C18H15ClN2O2/c1-2-23-17(22)15-16(13-9-5-3-6-10-13)21(18(19)20-15)14-11-7-4-8-12-14/h3-12H,2H2,1H3. The largest absolute Gasteiger partial charge is 0.461 e. The van der Waals surface area contributed by atoms with Crippen molar-refractivity contribution in [3.8, 4) is 16.9 Å². The number of halogens is 1. The third-order valence-electron chi connectivity index (χ3n) is 3.37. The van der Waals surface area contributed by atoms with Crippen LogP contribution in [0.15, 0.2) is 60.7 Å². The molecule has 116 valence electrons. The minimum Gasteiger partial charge on any atom is -0.461 e. The Morgan fingerprint density at radius 2 is 1.70 bits per heavy atom. The molecule has 23 heavy (non-hydrogen) atoms. The summed E-state index contributed by atoms with van der Waals surface area (Å²) < 4.78 is 6.87. The second kappa shape index (κ2) is 6.67. The summed E-state index contributed by atoms with van der Waals surface area (Å²) >= 11 is 6.32. The van der Waals surface area contributed by atoms with Crippen LogP contribution >= 0.6 is 11.6 Å². The molecule has 0 radical (unpaired) electrons. The van der Waals surface area contributed by atoms with E-state index in [0.29, 0.717) is 5.69 Å². The molecule has 1 heterocycles. The third-order valence-corrected chi connectivity index (χ3v) is 3.62. The molecule has 0 unspecified atom stereocenters. The number of carbonyl (C=O) groups excluding carboxylic acids is 1. The molecule has 0 saturated heterocycles. The van der Waals surface area contributed by atoms with Crippen molar-refractivity contribution >= 4 is 17.6 Å². The van der Waals surface area contributed by atoms with Crippen molar-refractivity contribution in [2.24, 2.45) is 0 Å². The average molecular weight is 327 g/mol. The van der Waals surface area contributed by atoms with Gasteiger partial charge >= 0.3 is 5.97 Å². The number of carbonyl (C=O) groups is 1. The summed E-state index contributed by atoms with van der Waals surface area (Å²) in [4.78, 5) is 16.5.